The van der Waals surface area contributed by atoms with E-state index in [1.54, 1.807) is 0 Å². The van der Waals surface area contributed by atoms with Crippen LogP contribution in [-0.2, 0) is 0 Å². The lowest BCUT2D eigenvalue weighted by molar-refractivity contribution is 0.0955. The van der Waals surface area contributed by atoms with Crippen molar-refractivity contribution in [2.75, 3.05) is 18.4 Å². The molecule has 1 aromatic heterocycles. The summed E-state index contributed by atoms with van der Waals surface area (Å²) in [5.41, 5.74) is 2.80. The number of nitrogens with zero attached hydrogens (tertiary/aromatic N) is 1. The van der Waals surface area contributed by atoms with Crippen LogP contribution in [0.3, 0.4) is 0 Å². The van der Waals surface area contributed by atoms with Gasteiger partial charge in [-0.3, -0.25) is 4.79 Å². The second-order valence-corrected chi connectivity index (χ2v) is 6.96. The Bertz CT molecular complexity index is 1060. The average Bonchev–Trinajstić information content (AvgIpc) is 3.15. The lowest BCUT2D eigenvalue weighted by Gasteiger charge is -2.08. The molecule has 27 heavy (non-hydrogen) atoms. The lowest BCUT2D eigenvalue weighted by Crippen LogP contribution is -2.28. The van der Waals surface area contributed by atoms with E-state index in [9.17, 15) is 4.79 Å². The number of aromatic nitrogens is 1. The molecule has 134 valence electrons. The molecule has 0 saturated heterocycles. The van der Waals surface area contributed by atoms with Gasteiger partial charge >= 0.3 is 0 Å². The number of anilines is 1. The summed E-state index contributed by atoms with van der Waals surface area (Å²) in [5, 5.41) is 7.37. The Hall–Kier alpha value is -3.18. The molecule has 0 bridgehead atoms. The Morgan fingerprint density at radius 2 is 1.63 bits per heavy atom. The molecule has 3 aromatic carbocycles. The Kier molecular flexibility index (Phi) is 5.12. The third-order valence-corrected chi connectivity index (χ3v) is 5.14. The number of amides is 1. The molecule has 1 amide bonds. The number of carbonyl (C=O) groups excluding carboxylic acids is 1. The molecule has 4 aromatic rings. The van der Waals surface area contributed by atoms with E-state index in [2.05, 4.69) is 27.1 Å². The number of hydrogen-bond donors (Lipinski definition) is 2. The molecule has 2 N–H and O–H groups in total. The number of hydrogen-bond acceptors (Lipinski definition) is 4. The lowest BCUT2D eigenvalue weighted by atomic mass is 10.0. The first-order valence-electron chi connectivity index (χ1n) is 8.83. The van der Waals surface area contributed by atoms with Gasteiger partial charge in [0.05, 0.1) is 4.70 Å². The zero-order valence-electron chi connectivity index (χ0n) is 14.7. The van der Waals surface area contributed by atoms with E-state index >= 15 is 0 Å². The fraction of sp³-hybridized carbons (Fsp3) is 0.0909. The molecule has 0 atom stereocenters. The van der Waals surface area contributed by atoms with Gasteiger partial charge in [0.2, 0.25) is 0 Å². The maximum absolute atomic E-state index is 12.4. The molecule has 0 aliphatic rings. The highest BCUT2D eigenvalue weighted by atomic mass is 32.1. The summed E-state index contributed by atoms with van der Waals surface area (Å²) < 4.78 is 5.59. The first-order valence-corrected chi connectivity index (χ1v) is 9.60. The third-order valence-electron chi connectivity index (χ3n) is 4.31. The fourth-order valence-electron chi connectivity index (χ4n) is 2.94. The Labute approximate surface area is 162 Å². The summed E-state index contributed by atoms with van der Waals surface area (Å²) in [6.45, 7) is 1.15. The molecule has 4 nitrogen and oxygen atoms in total. The van der Waals surface area contributed by atoms with E-state index in [0.717, 1.165) is 27.0 Å². The minimum Gasteiger partial charge on any atom is -0.367 e. The highest BCUT2D eigenvalue weighted by molar-refractivity contribution is 7.13. The van der Waals surface area contributed by atoms with E-state index in [0.29, 0.717) is 18.7 Å². The quantitative estimate of drug-likeness (QED) is 0.477. The van der Waals surface area contributed by atoms with Crippen molar-refractivity contribution in [2.45, 2.75) is 0 Å². The SMILES string of the molecule is O=C(NCCNc1nsc2ccccc12)c1cccc(-c2ccccc2)c1. The van der Waals surface area contributed by atoms with Crippen LogP contribution in [0.25, 0.3) is 21.2 Å². The number of rotatable bonds is 6. The number of nitrogens with one attached hydrogen (secondary N) is 2. The molecule has 4 rings (SSSR count). The van der Waals surface area contributed by atoms with Gasteiger partial charge in [0.25, 0.3) is 5.91 Å². The first kappa shape index (κ1) is 17.2. The van der Waals surface area contributed by atoms with Crippen LogP contribution in [0, 0.1) is 0 Å². The number of fused-ring (bicyclic) bond motifs is 1. The maximum Gasteiger partial charge on any atom is 0.251 e. The minimum atomic E-state index is -0.0716. The van der Waals surface area contributed by atoms with E-state index in [1.165, 1.54) is 11.5 Å². The Balaban J connectivity index is 1.34. The second-order valence-electron chi connectivity index (χ2n) is 6.16. The van der Waals surface area contributed by atoms with Gasteiger partial charge in [0.15, 0.2) is 0 Å². The maximum atomic E-state index is 12.4. The van der Waals surface area contributed by atoms with Crippen LogP contribution in [-0.4, -0.2) is 23.4 Å². The molecule has 0 aliphatic heterocycles. The fourth-order valence-corrected chi connectivity index (χ4v) is 3.70. The largest absolute Gasteiger partial charge is 0.367 e. The zero-order chi connectivity index (χ0) is 18.5. The van der Waals surface area contributed by atoms with Crippen molar-refractivity contribution in [2.24, 2.45) is 0 Å². The van der Waals surface area contributed by atoms with Gasteiger partial charge in [-0.2, -0.15) is 4.37 Å². The van der Waals surface area contributed by atoms with Crippen molar-refractivity contribution in [1.82, 2.24) is 9.69 Å². The molecule has 0 spiro atoms. The third kappa shape index (κ3) is 3.99. The van der Waals surface area contributed by atoms with Crippen LogP contribution in [0.1, 0.15) is 10.4 Å². The van der Waals surface area contributed by atoms with Crippen molar-refractivity contribution >= 4 is 33.3 Å². The summed E-state index contributed by atoms with van der Waals surface area (Å²) in [7, 11) is 0. The molecular formula is C22H19N3OS. The highest BCUT2D eigenvalue weighted by Gasteiger charge is 2.08. The van der Waals surface area contributed by atoms with E-state index in [-0.39, 0.29) is 5.91 Å². The van der Waals surface area contributed by atoms with Crippen LogP contribution in [0.15, 0.2) is 78.9 Å². The predicted molar refractivity (Wildman–Crippen MR) is 112 cm³/mol. The molecule has 0 saturated carbocycles. The van der Waals surface area contributed by atoms with Gasteiger partial charge in [-0.1, -0.05) is 54.6 Å². The molecule has 0 radical (unpaired) electrons. The smallest absolute Gasteiger partial charge is 0.251 e. The van der Waals surface area contributed by atoms with Gasteiger partial charge in [-0.15, -0.1) is 0 Å². The predicted octanol–water partition coefficient (Wildman–Crippen LogP) is 4.81. The van der Waals surface area contributed by atoms with Crippen LogP contribution in [0.4, 0.5) is 5.82 Å². The van der Waals surface area contributed by atoms with Crippen molar-refractivity contribution in [1.29, 1.82) is 0 Å². The van der Waals surface area contributed by atoms with Crippen LogP contribution in [0.2, 0.25) is 0 Å². The summed E-state index contributed by atoms with van der Waals surface area (Å²) in [4.78, 5) is 12.4. The van der Waals surface area contributed by atoms with E-state index in [1.807, 2.05) is 66.7 Å². The van der Waals surface area contributed by atoms with Crippen LogP contribution < -0.4 is 10.6 Å². The Morgan fingerprint density at radius 3 is 2.52 bits per heavy atom. The topological polar surface area (TPSA) is 54.0 Å². The van der Waals surface area contributed by atoms with Gasteiger partial charge in [-0.05, 0) is 46.9 Å². The zero-order valence-corrected chi connectivity index (χ0v) is 15.5. The van der Waals surface area contributed by atoms with Crippen molar-refractivity contribution < 1.29 is 4.79 Å². The highest BCUT2D eigenvalue weighted by Crippen LogP contribution is 2.25. The average molecular weight is 373 g/mol. The number of carbonyl (C=O) groups is 1. The van der Waals surface area contributed by atoms with Crippen molar-refractivity contribution in [3.8, 4) is 11.1 Å². The van der Waals surface area contributed by atoms with E-state index in [4.69, 9.17) is 0 Å². The normalized spacial score (nSPS) is 10.7. The van der Waals surface area contributed by atoms with Crippen LogP contribution >= 0.6 is 11.5 Å². The summed E-state index contributed by atoms with van der Waals surface area (Å²) >= 11 is 1.47. The van der Waals surface area contributed by atoms with Crippen molar-refractivity contribution in [3.05, 3.63) is 84.4 Å². The first-order chi connectivity index (χ1) is 13.3. The van der Waals surface area contributed by atoms with E-state index < -0.39 is 0 Å². The van der Waals surface area contributed by atoms with Gasteiger partial charge in [-0.25, -0.2) is 0 Å². The standard InChI is InChI=1S/C22H19N3OS/c26-22(18-10-6-9-17(15-18)16-7-2-1-3-8-16)24-14-13-23-21-19-11-4-5-12-20(19)27-25-21/h1-12,15H,13-14H2,(H,23,25)(H,24,26). The number of benzene rings is 3. The molecule has 1 heterocycles. The molecule has 0 fully saturated rings. The van der Waals surface area contributed by atoms with Crippen LogP contribution in [0.5, 0.6) is 0 Å². The molecular weight excluding hydrogens is 354 g/mol. The summed E-state index contributed by atoms with van der Waals surface area (Å²) in [6, 6.07) is 25.9. The summed E-state index contributed by atoms with van der Waals surface area (Å²) in [5.74, 6) is 0.800. The molecule has 0 aliphatic carbocycles. The molecule has 0 unspecified atom stereocenters. The van der Waals surface area contributed by atoms with Crippen molar-refractivity contribution in [3.63, 3.8) is 0 Å². The summed E-state index contributed by atoms with van der Waals surface area (Å²) in [6.07, 6.45) is 0. The second kappa shape index (κ2) is 8.01. The minimum absolute atomic E-state index is 0.0716. The van der Waals surface area contributed by atoms with Gasteiger partial charge in [0, 0.05) is 24.0 Å². The Morgan fingerprint density at radius 1 is 0.852 bits per heavy atom. The molecule has 5 heteroatoms. The van der Waals surface area contributed by atoms with Gasteiger partial charge in [0.1, 0.15) is 5.82 Å². The van der Waals surface area contributed by atoms with Gasteiger partial charge < -0.3 is 10.6 Å². The monoisotopic (exact) mass is 373 g/mol.